The average molecular weight is 448 g/mol. The van der Waals surface area contributed by atoms with Gasteiger partial charge in [0.05, 0.1) is 14.2 Å². The molecule has 2 N–H and O–H groups in total. The fourth-order valence-corrected chi connectivity index (χ4v) is 3.75. The van der Waals surface area contributed by atoms with E-state index in [1.54, 1.807) is 37.3 Å². The second kappa shape index (κ2) is 9.52. The first-order chi connectivity index (χ1) is 16.0. The molecule has 2 atom stereocenters. The molecule has 1 saturated heterocycles. The van der Waals surface area contributed by atoms with Gasteiger partial charge in [0.15, 0.2) is 17.5 Å². The molecule has 1 aliphatic heterocycles. The molecule has 3 aromatic carbocycles. The SMILES string of the molecule is COc1ccc(/C=[N+]2\NC(=O)[C@H](NC(=O)c3ccc(F)cc3)[C@H]2c2ccccc2)cc1OC. The summed E-state index contributed by atoms with van der Waals surface area (Å²) >= 11 is 0. The van der Waals surface area contributed by atoms with E-state index >= 15 is 0 Å². The lowest BCUT2D eigenvalue weighted by Crippen LogP contribution is -2.42. The van der Waals surface area contributed by atoms with Crippen LogP contribution in [-0.4, -0.2) is 43.0 Å². The Kier molecular flexibility index (Phi) is 6.35. The summed E-state index contributed by atoms with van der Waals surface area (Å²) in [4.78, 5) is 25.7. The van der Waals surface area contributed by atoms with Crippen LogP contribution in [0.15, 0.2) is 72.8 Å². The number of carbonyl (C=O) groups excluding carboxylic acids is 2. The van der Waals surface area contributed by atoms with Crippen molar-refractivity contribution in [2.24, 2.45) is 0 Å². The van der Waals surface area contributed by atoms with Crippen LogP contribution in [0.25, 0.3) is 0 Å². The second-order valence-electron chi connectivity index (χ2n) is 7.44. The van der Waals surface area contributed by atoms with Crippen molar-refractivity contribution in [1.82, 2.24) is 10.7 Å². The van der Waals surface area contributed by atoms with Gasteiger partial charge in [0, 0.05) is 16.7 Å². The molecular formula is C25H23FN3O4+. The normalized spacial score (nSPS) is 18.6. The van der Waals surface area contributed by atoms with Crippen molar-refractivity contribution in [1.29, 1.82) is 0 Å². The van der Waals surface area contributed by atoms with E-state index in [0.717, 1.165) is 11.1 Å². The molecule has 4 rings (SSSR count). The number of carbonyl (C=O) groups is 2. The molecule has 33 heavy (non-hydrogen) atoms. The van der Waals surface area contributed by atoms with Crippen LogP contribution >= 0.6 is 0 Å². The number of hydrazine groups is 1. The van der Waals surface area contributed by atoms with E-state index in [4.69, 9.17) is 9.47 Å². The highest BCUT2D eigenvalue weighted by atomic mass is 19.1. The zero-order valence-electron chi connectivity index (χ0n) is 18.1. The van der Waals surface area contributed by atoms with Gasteiger partial charge in [-0.05, 0) is 42.5 Å². The first-order valence-electron chi connectivity index (χ1n) is 10.3. The Morgan fingerprint density at radius 2 is 1.70 bits per heavy atom. The Morgan fingerprint density at radius 3 is 2.36 bits per heavy atom. The number of amides is 2. The minimum absolute atomic E-state index is 0.262. The molecule has 0 aliphatic carbocycles. The molecule has 3 aromatic rings. The second-order valence-corrected chi connectivity index (χ2v) is 7.44. The smallest absolute Gasteiger partial charge is 0.304 e. The predicted octanol–water partition coefficient (Wildman–Crippen LogP) is 2.86. The van der Waals surface area contributed by atoms with Crippen LogP contribution in [0.3, 0.4) is 0 Å². The predicted molar refractivity (Wildman–Crippen MR) is 120 cm³/mol. The lowest BCUT2D eigenvalue weighted by atomic mass is 10.00. The van der Waals surface area contributed by atoms with Gasteiger partial charge in [-0.15, -0.1) is 10.1 Å². The number of hydrogen-bond donors (Lipinski definition) is 2. The number of ether oxygens (including phenoxy) is 2. The zero-order valence-corrected chi connectivity index (χ0v) is 18.1. The topological polar surface area (TPSA) is 79.7 Å². The molecule has 0 bridgehead atoms. The van der Waals surface area contributed by atoms with Crippen molar-refractivity contribution in [3.05, 3.63) is 95.3 Å². The molecule has 2 amide bonds. The van der Waals surface area contributed by atoms with Crippen molar-refractivity contribution in [2.75, 3.05) is 14.2 Å². The lowest BCUT2D eigenvalue weighted by molar-refractivity contribution is -0.596. The average Bonchev–Trinajstić information content (AvgIpc) is 3.14. The van der Waals surface area contributed by atoms with E-state index in [1.165, 1.54) is 24.3 Å². The van der Waals surface area contributed by atoms with Crippen LogP contribution in [0.4, 0.5) is 4.39 Å². The Morgan fingerprint density at radius 1 is 1.00 bits per heavy atom. The van der Waals surface area contributed by atoms with E-state index in [-0.39, 0.29) is 11.5 Å². The summed E-state index contributed by atoms with van der Waals surface area (Å²) in [7, 11) is 3.11. The van der Waals surface area contributed by atoms with Gasteiger partial charge in [0.25, 0.3) is 5.91 Å². The molecule has 0 saturated carbocycles. The summed E-state index contributed by atoms with van der Waals surface area (Å²) in [5.74, 6) is -0.138. The van der Waals surface area contributed by atoms with Gasteiger partial charge in [0.1, 0.15) is 5.82 Å². The van der Waals surface area contributed by atoms with E-state index < -0.39 is 23.8 Å². The summed E-state index contributed by atoms with van der Waals surface area (Å²) in [6.45, 7) is 0. The first kappa shape index (κ1) is 22.0. The summed E-state index contributed by atoms with van der Waals surface area (Å²) in [5, 5.41) is 2.79. The zero-order chi connectivity index (χ0) is 23.4. The van der Waals surface area contributed by atoms with Crippen LogP contribution in [0.2, 0.25) is 0 Å². The molecule has 0 unspecified atom stereocenters. The fourth-order valence-electron chi connectivity index (χ4n) is 3.75. The number of methoxy groups -OCH3 is 2. The number of halogens is 1. The molecule has 168 valence electrons. The summed E-state index contributed by atoms with van der Waals surface area (Å²) < 4.78 is 25.6. The molecular weight excluding hydrogens is 425 g/mol. The molecule has 1 aliphatic rings. The van der Waals surface area contributed by atoms with Gasteiger partial charge in [-0.25, -0.2) is 4.39 Å². The lowest BCUT2D eigenvalue weighted by Gasteiger charge is -2.14. The van der Waals surface area contributed by atoms with Crippen LogP contribution in [-0.2, 0) is 4.79 Å². The molecule has 1 heterocycles. The summed E-state index contributed by atoms with van der Waals surface area (Å²) in [6.07, 6.45) is 1.77. The van der Waals surface area contributed by atoms with E-state index in [9.17, 15) is 14.0 Å². The van der Waals surface area contributed by atoms with E-state index in [0.29, 0.717) is 11.5 Å². The Balaban J connectivity index is 1.69. The van der Waals surface area contributed by atoms with Gasteiger partial charge in [-0.2, -0.15) is 0 Å². The molecule has 0 spiro atoms. The van der Waals surface area contributed by atoms with Crippen molar-refractivity contribution < 1.29 is 28.1 Å². The van der Waals surface area contributed by atoms with Crippen LogP contribution < -0.4 is 20.2 Å². The maximum absolute atomic E-state index is 13.2. The largest absolute Gasteiger partial charge is 0.493 e. The maximum atomic E-state index is 13.2. The molecule has 1 fully saturated rings. The number of benzene rings is 3. The Bertz CT molecular complexity index is 1200. The van der Waals surface area contributed by atoms with Crippen molar-refractivity contribution >= 4 is 18.0 Å². The summed E-state index contributed by atoms with van der Waals surface area (Å²) in [6, 6.07) is 18.5. The van der Waals surface area contributed by atoms with Crippen molar-refractivity contribution in [2.45, 2.75) is 12.1 Å². The standard InChI is InChI=1S/C25H22FN3O4/c1-32-20-13-8-16(14-21(20)33-2)15-29-23(17-6-4-3-5-7-17)22(25(31)28-29)27-24(30)18-9-11-19(26)12-10-18/h3-15,22-23H,1-2H3,(H-,27,28,30,31)/p+1/b29-15-/t22-,23-/m1/s1. The van der Waals surface area contributed by atoms with Gasteiger partial charge < -0.3 is 14.8 Å². The van der Waals surface area contributed by atoms with Crippen molar-refractivity contribution in [3.8, 4) is 11.5 Å². The van der Waals surface area contributed by atoms with E-state index in [2.05, 4.69) is 10.7 Å². The third-order valence-electron chi connectivity index (χ3n) is 5.37. The van der Waals surface area contributed by atoms with Gasteiger partial charge in [0.2, 0.25) is 12.3 Å². The molecule has 8 heteroatoms. The number of nitrogens with zero attached hydrogens (tertiary/aromatic N) is 1. The minimum atomic E-state index is -0.874. The minimum Gasteiger partial charge on any atom is -0.493 e. The monoisotopic (exact) mass is 448 g/mol. The maximum Gasteiger partial charge on any atom is 0.304 e. The fraction of sp³-hybridized carbons (Fsp3) is 0.160. The highest BCUT2D eigenvalue weighted by molar-refractivity contribution is 5.98. The van der Waals surface area contributed by atoms with Crippen LogP contribution in [0.5, 0.6) is 11.5 Å². The van der Waals surface area contributed by atoms with Crippen LogP contribution in [0.1, 0.15) is 27.5 Å². The number of rotatable bonds is 6. The number of nitrogens with one attached hydrogen (secondary N) is 2. The molecule has 7 nitrogen and oxygen atoms in total. The summed E-state index contributed by atoms with van der Waals surface area (Å²) in [5.41, 5.74) is 4.68. The highest BCUT2D eigenvalue weighted by Crippen LogP contribution is 2.28. The Hall–Kier alpha value is -4.20. The van der Waals surface area contributed by atoms with Crippen LogP contribution in [0, 0.1) is 5.82 Å². The molecule has 0 radical (unpaired) electrons. The van der Waals surface area contributed by atoms with Gasteiger partial charge in [-0.3, -0.25) is 9.59 Å². The third kappa shape index (κ3) is 4.69. The van der Waals surface area contributed by atoms with Gasteiger partial charge >= 0.3 is 5.91 Å². The van der Waals surface area contributed by atoms with Crippen molar-refractivity contribution in [3.63, 3.8) is 0 Å². The third-order valence-corrected chi connectivity index (χ3v) is 5.37. The van der Waals surface area contributed by atoms with Gasteiger partial charge in [-0.1, -0.05) is 30.3 Å². The van der Waals surface area contributed by atoms with E-state index in [1.807, 2.05) is 36.4 Å². The first-order valence-corrected chi connectivity index (χ1v) is 10.3. The Labute approximate surface area is 190 Å². The number of hydrazone groups is 1. The highest BCUT2D eigenvalue weighted by Gasteiger charge is 2.47. The number of hydrogen-bond acceptors (Lipinski definition) is 4. The quantitative estimate of drug-likeness (QED) is 0.569. The molecule has 0 aromatic heterocycles.